The molecule has 134 valence electrons. The van der Waals surface area contributed by atoms with Crippen LogP contribution >= 0.6 is 12.2 Å². The zero-order valence-corrected chi connectivity index (χ0v) is 14.9. The summed E-state index contributed by atoms with van der Waals surface area (Å²) < 4.78 is 0. The zero-order valence-electron chi connectivity index (χ0n) is 14.1. The number of hydrogen-bond donors (Lipinski definition) is 4. The molecule has 0 unspecified atom stereocenters. The number of anilines is 1. The Bertz CT molecular complexity index is 691. The Balaban J connectivity index is 1.68. The van der Waals surface area contributed by atoms with Crippen molar-refractivity contribution in [3.8, 4) is 0 Å². The molecule has 0 spiro atoms. The molecule has 0 aromatic heterocycles. The van der Waals surface area contributed by atoms with E-state index < -0.39 is 24.2 Å². The number of nitrogens with one attached hydrogen (secondary N) is 2. The van der Waals surface area contributed by atoms with E-state index in [1.807, 2.05) is 36.1 Å². The van der Waals surface area contributed by atoms with Crippen LogP contribution in [0.15, 0.2) is 24.3 Å². The largest absolute Gasteiger partial charge is 0.390 e. The lowest BCUT2D eigenvalue weighted by atomic mass is 9.77. The molecule has 2 saturated carbocycles. The van der Waals surface area contributed by atoms with Gasteiger partial charge in [0.15, 0.2) is 5.11 Å². The van der Waals surface area contributed by atoms with Crippen LogP contribution in [0.1, 0.15) is 24.8 Å². The van der Waals surface area contributed by atoms with Crippen LogP contribution < -0.4 is 15.5 Å². The Labute approximate surface area is 152 Å². The lowest BCUT2D eigenvalue weighted by Gasteiger charge is -2.41. The van der Waals surface area contributed by atoms with Crippen molar-refractivity contribution in [2.45, 2.75) is 56.5 Å². The van der Waals surface area contributed by atoms with Crippen LogP contribution in [0.5, 0.6) is 0 Å². The molecule has 5 atom stereocenters. The molecule has 7 heteroatoms. The highest BCUT2D eigenvalue weighted by atomic mass is 32.1. The molecular formula is C18H23N3O3S. The van der Waals surface area contributed by atoms with Gasteiger partial charge in [-0.2, -0.15) is 0 Å². The van der Waals surface area contributed by atoms with Crippen LogP contribution in [0.2, 0.25) is 0 Å². The molecule has 1 aromatic rings. The molecule has 4 rings (SSSR count). The van der Waals surface area contributed by atoms with E-state index in [1.54, 1.807) is 0 Å². The highest BCUT2D eigenvalue weighted by molar-refractivity contribution is 7.80. The predicted molar refractivity (Wildman–Crippen MR) is 98.3 cm³/mol. The van der Waals surface area contributed by atoms with Gasteiger partial charge in [0.2, 0.25) is 5.91 Å². The second kappa shape index (κ2) is 6.23. The van der Waals surface area contributed by atoms with E-state index in [9.17, 15) is 15.0 Å². The number of fused-ring (bicyclic) bond motifs is 1. The lowest BCUT2D eigenvalue weighted by molar-refractivity contribution is -0.131. The van der Waals surface area contributed by atoms with E-state index >= 15 is 0 Å². The summed E-state index contributed by atoms with van der Waals surface area (Å²) in [6.07, 6.45) is 0.354. The van der Waals surface area contributed by atoms with Crippen molar-refractivity contribution in [1.82, 2.24) is 10.6 Å². The molecule has 0 radical (unpaired) electrons. The summed E-state index contributed by atoms with van der Waals surface area (Å²) >= 11 is 5.49. The van der Waals surface area contributed by atoms with Gasteiger partial charge in [0.1, 0.15) is 6.10 Å². The fraction of sp³-hybridized carbons (Fsp3) is 0.556. The number of aliphatic hydroxyl groups excluding tert-OH is 2. The number of carbonyl (C=O) groups is 1. The third-order valence-electron chi connectivity index (χ3n) is 5.42. The highest BCUT2D eigenvalue weighted by Gasteiger charge is 2.54. The minimum Gasteiger partial charge on any atom is -0.390 e. The van der Waals surface area contributed by atoms with Crippen LogP contribution in [0.4, 0.5) is 5.69 Å². The Morgan fingerprint density at radius 1 is 1.28 bits per heavy atom. The molecule has 2 aliphatic carbocycles. The van der Waals surface area contributed by atoms with Gasteiger partial charge in [-0.3, -0.25) is 4.79 Å². The molecule has 25 heavy (non-hydrogen) atoms. The molecule has 6 nitrogen and oxygen atoms in total. The number of rotatable bonds is 3. The van der Waals surface area contributed by atoms with Gasteiger partial charge in [-0.15, -0.1) is 0 Å². The number of amides is 1. The van der Waals surface area contributed by atoms with Crippen molar-refractivity contribution < 1.29 is 15.0 Å². The van der Waals surface area contributed by atoms with E-state index in [2.05, 4.69) is 10.6 Å². The minimum absolute atomic E-state index is 0.0629. The molecule has 0 bridgehead atoms. The second-order valence-corrected chi connectivity index (χ2v) is 7.74. The smallest absolute Gasteiger partial charge is 0.225 e. The zero-order chi connectivity index (χ0) is 17.7. The lowest BCUT2D eigenvalue weighted by Crippen LogP contribution is -2.61. The third kappa shape index (κ3) is 3.01. The van der Waals surface area contributed by atoms with Gasteiger partial charge >= 0.3 is 0 Å². The maximum Gasteiger partial charge on any atom is 0.225 e. The number of benzene rings is 1. The van der Waals surface area contributed by atoms with E-state index in [-0.39, 0.29) is 24.4 Å². The van der Waals surface area contributed by atoms with Crippen molar-refractivity contribution in [3.05, 3.63) is 29.8 Å². The Morgan fingerprint density at radius 3 is 2.60 bits per heavy atom. The number of thiocarbonyl (C=S) groups is 1. The third-order valence-corrected chi connectivity index (χ3v) is 5.73. The fourth-order valence-electron chi connectivity index (χ4n) is 3.88. The summed E-state index contributed by atoms with van der Waals surface area (Å²) in [5, 5.41) is 27.3. The van der Waals surface area contributed by atoms with Gasteiger partial charge in [0, 0.05) is 11.7 Å². The summed E-state index contributed by atoms with van der Waals surface area (Å²) in [5.41, 5.74) is 2.03. The topological polar surface area (TPSA) is 84.8 Å². The average molecular weight is 361 g/mol. The van der Waals surface area contributed by atoms with Gasteiger partial charge < -0.3 is 25.7 Å². The van der Waals surface area contributed by atoms with Gasteiger partial charge in [-0.05, 0) is 50.5 Å². The van der Waals surface area contributed by atoms with Crippen LogP contribution in [-0.4, -0.2) is 51.6 Å². The summed E-state index contributed by atoms with van der Waals surface area (Å²) in [5.74, 6) is -0.495. The molecule has 3 fully saturated rings. The maximum atomic E-state index is 12.8. The Hall–Kier alpha value is -1.70. The van der Waals surface area contributed by atoms with Gasteiger partial charge in [-0.25, -0.2) is 0 Å². The van der Waals surface area contributed by atoms with Crippen molar-refractivity contribution >= 4 is 28.9 Å². The predicted octanol–water partition coefficient (Wildman–Crippen LogP) is 0.447. The Kier molecular flexibility index (Phi) is 4.17. The first-order chi connectivity index (χ1) is 12.0. The molecule has 1 aliphatic heterocycles. The summed E-state index contributed by atoms with van der Waals surface area (Å²) in [7, 11) is 0. The number of nitrogens with zero attached hydrogens (tertiary/aromatic N) is 1. The van der Waals surface area contributed by atoms with Gasteiger partial charge in [-0.1, -0.05) is 17.7 Å². The number of carbonyl (C=O) groups excluding carboxylic acids is 1. The SMILES string of the molecule is Cc1ccc(N2C(=S)N[C@H]3[C@@H](O)[C@H](O)C[C@@H](C(=O)NC4CC4)[C@H]32)cc1. The van der Waals surface area contributed by atoms with E-state index in [0.29, 0.717) is 5.11 Å². The van der Waals surface area contributed by atoms with E-state index in [4.69, 9.17) is 12.2 Å². The van der Waals surface area contributed by atoms with Gasteiger partial charge in [0.25, 0.3) is 0 Å². The molecule has 4 N–H and O–H groups in total. The average Bonchev–Trinajstić information content (AvgIpc) is 3.32. The first kappa shape index (κ1) is 16.8. The monoisotopic (exact) mass is 361 g/mol. The summed E-state index contributed by atoms with van der Waals surface area (Å²) in [6, 6.07) is 7.42. The van der Waals surface area contributed by atoms with Crippen molar-refractivity contribution in [2.24, 2.45) is 5.92 Å². The van der Waals surface area contributed by atoms with Gasteiger partial charge in [0.05, 0.1) is 24.1 Å². The highest BCUT2D eigenvalue weighted by Crippen LogP contribution is 2.37. The minimum atomic E-state index is -0.955. The van der Waals surface area contributed by atoms with Crippen LogP contribution in [0.25, 0.3) is 0 Å². The first-order valence-electron chi connectivity index (χ1n) is 8.78. The van der Waals surface area contributed by atoms with Crippen molar-refractivity contribution in [1.29, 1.82) is 0 Å². The number of aryl methyl sites for hydroxylation is 1. The quantitative estimate of drug-likeness (QED) is 0.585. The molecule has 1 amide bonds. The van der Waals surface area contributed by atoms with Crippen LogP contribution in [-0.2, 0) is 4.79 Å². The molecule has 1 heterocycles. The molecule has 1 aromatic carbocycles. The normalized spacial score (nSPS) is 34.4. The molecule has 1 saturated heterocycles. The standard InChI is InChI=1S/C18H23N3O3S/c1-9-2-6-11(7-3-9)21-15-12(17(24)19-10-4-5-10)8-13(22)16(23)14(15)20-18(21)25/h2-3,6-7,10,12-16,22-23H,4-5,8H2,1H3,(H,19,24)(H,20,25)/t12-,13-,14-,15-,16+/m1/s1. The summed E-state index contributed by atoms with van der Waals surface area (Å²) in [4.78, 5) is 14.7. The maximum absolute atomic E-state index is 12.8. The van der Waals surface area contributed by atoms with E-state index in [0.717, 1.165) is 24.1 Å². The second-order valence-electron chi connectivity index (χ2n) is 7.35. The molecule has 3 aliphatic rings. The number of hydrogen-bond acceptors (Lipinski definition) is 4. The van der Waals surface area contributed by atoms with Crippen LogP contribution in [0.3, 0.4) is 0 Å². The fourth-order valence-corrected chi connectivity index (χ4v) is 4.25. The van der Waals surface area contributed by atoms with Crippen molar-refractivity contribution in [2.75, 3.05) is 4.90 Å². The van der Waals surface area contributed by atoms with Crippen molar-refractivity contribution in [3.63, 3.8) is 0 Å². The number of aliphatic hydroxyl groups is 2. The Morgan fingerprint density at radius 2 is 1.96 bits per heavy atom. The molecular weight excluding hydrogens is 338 g/mol. The van der Waals surface area contributed by atoms with Crippen LogP contribution in [0, 0.1) is 12.8 Å². The van der Waals surface area contributed by atoms with E-state index in [1.165, 1.54) is 0 Å². The first-order valence-corrected chi connectivity index (χ1v) is 9.19. The summed E-state index contributed by atoms with van der Waals surface area (Å²) in [6.45, 7) is 2.01.